The number of nitrogens with zero attached hydrogens (tertiary/aromatic N) is 1. The Morgan fingerprint density at radius 3 is 2.76 bits per heavy atom. The van der Waals surface area contributed by atoms with Gasteiger partial charge in [0.15, 0.2) is 0 Å². The molecule has 0 atom stereocenters. The summed E-state index contributed by atoms with van der Waals surface area (Å²) in [5.74, 6) is -0.245. The molecule has 0 saturated carbocycles. The van der Waals surface area contributed by atoms with Gasteiger partial charge in [-0.05, 0) is 23.8 Å². The number of nitrogen functional groups attached to an aromatic ring is 1. The largest absolute Gasteiger partial charge is 0.399 e. The van der Waals surface area contributed by atoms with Crippen LogP contribution in [-0.2, 0) is 4.79 Å². The zero-order valence-corrected chi connectivity index (χ0v) is 8.96. The van der Waals surface area contributed by atoms with Crippen LogP contribution < -0.4 is 11.1 Å². The highest BCUT2D eigenvalue weighted by Crippen LogP contribution is 2.08. The van der Waals surface area contributed by atoms with Crippen molar-refractivity contribution in [2.45, 2.75) is 0 Å². The van der Waals surface area contributed by atoms with Crippen molar-refractivity contribution < 1.29 is 9.32 Å². The maximum atomic E-state index is 11.5. The predicted octanol–water partition coefficient (Wildman–Crippen LogP) is 1.91. The van der Waals surface area contributed by atoms with Crippen molar-refractivity contribution in [3.8, 4) is 0 Å². The molecule has 2 aromatic rings. The number of anilines is 2. The summed E-state index contributed by atoms with van der Waals surface area (Å²) < 4.78 is 4.59. The van der Waals surface area contributed by atoms with Crippen LogP contribution in [0.25, 0.3) is 6.08 Å². The molecule has 86 valence electrons. The lowest BCUT2D eigenvalue weighted by molar-refractivity contribution is -0.111. The van der Waals surface area contributed by atoms with E-state index in [1.807, 2.05) is 12.1 Å². The monoisotopic (exact) mass is 229 g/mol. The van der Waals surface area contributed by atoms with Gasteiger partial charge in [-0.15, -0.1) is 0 Å². The van der Waals surface area contributed by atoms with Gasteiger partial charge < -0.3 is 15.6 Å². The molecule has 17 heavy (non-hydrogen) atoms. The molecule has 0 aliphatic rings. The van der Waals surface area contributed by atoms with Crippen molar-refractivity contribution in [3.63, 3.8) is 0 Å². The second-order valence-corrected chi connectivity index (χ2v) is 3.40. The summed E-state index contributed by atoms with van der Waals surface area (Å²) in [5, 5.41) is 6.07. The first kappa shape index (κ1) is 10.9. The number of carbonyl (C=O) groups is 1. The Bertz CT molecular complexity index is 515. The molecule has 1 aromatic heterocycles. The number of benzene rings is 1. The first-order valence-electron chi connectivity index (χ1n) is 4.98. The third-order valence-corrected chi connectivity index (χ3v) is 2.06. The normalized spacial score (nSPS) is 10.6. The average Bonchev–Trinajstić information content (AvgIpc) is 2.81. The molecule has 0 aliphatic heterocycles. The van der Waals surface area contributed by atoms with E-state index in [2.05, 4.69) is 15.0 Å². The molecule has 1 aromatic carbocycles. The minimum Gasteiger partial charge on any atom is -0.399 e. The van der Waals surface area contributed by atoms with Crippen LogP contribution in [0.3, 0.4) is 0 Å². The van der Waals surface area contributed by atoms with Gasteiger partial charge in [-0.2, -0.15) is 0 Å². The molecule has 3 N–H and O–H groups in total. The second-order valence-electron chi connectivity index (χ2n) is 3.40. The van der Waals surface area contributed by atoms with E-state index in [1.165, 1.54) is 18.5 Å². The van der Waals surface area contributed by atoms with Gasteiger partial charge in [-0.3, -0.25) is 4.79 Å². The Kier molecular flexibility index (Phi) is 3.20. The summed E-state index contributed by atoms with van der Waals surface area (Å²) in [6.45, 7) is 0. The van der Waals surface area contributed by atoms with Gasteiger partial charge in [-0.25, -0.2) is 0 Å². The van der Waals surface area contributed by atoms with E-state index in [0.29, 0.717) is 11.4 Å². The second kappa shape index (κ2) is 4.98. The predicted molar refractivity (Wildman–Crippen MR) is 65.0 cm³/mol. The number of rotatable bonds is 3. The molecule has 0 aliphatic carbocycles. The summed E-state index contributed by atoms with van der Waals surface area (Å²) in [7, 11) is 0. The quantitative estimate of drug-likeness (QED) is 0.622. The molecule has 0 bridgehead atoms. The number of hydrogen-bond acceptors (Lipinski definition) is 4. The maximum Gasteiger partial charge on any atom is 0.248 e. The van der Waals surface area contributed by atoms with E-state index in [9.17, 15) is 4.79 Å². The van der Waals surface area contributed by atoms with E-state index in [1.54, 1.807) is 18.2 Å². The molecule has 1 amide bonds. The minimum absolute atomic E-state index is 0.245. The fourth-order valence-corrected chi connectivity index (χ4v) is 1.23. The summed E-state index contributed by atoms with van der Waals surface area (Å²) in [5.41, 5.74) is 7.67. The van der Waals surface area contributed by atoms with Gasteiger partial charge in [0.1, 0.15) is 12.0 Å². The van der Waals surface area contributed by atoms with Crippen molar-refractivity contribution in [3.05, 3.63) is 48.4 Å². The number of aromatic nitrogens is 1. The zero-order chi connectivity index (χ0) is 12.1. The van der Waals surface area contributed by atoms with Gasteiger partial charge in [-0.1, -0.05) is 17.3 Å². The number of amides is 1. The SMILES string of the molecule is Nc1ccc(/C=C/C(=O)Nc2cnoc2)cc1. The third kappa shape index (κ3) is 3.20. The van der Waals surface area contributed by atoms with Gasteiger partial charge in [0, 0.05) is 11.8 Å². The van der Waals surface area contributed by atoms with Crippen LogP contribution in [0.2, 0.25) is 0 Å². The van der Waals surface area contributed by atoms with Crippen LogP contribution in [0, 0.1) is 0 Å². The van der Waals surface area contributed by atoms with E-state index >= 15 is 0 Å². The lowest BCUT2D eigenvalue weighted by Gasteiger charge is -1.96. The Balaban J connectivity index is 1.96. The number of carbonyl (C=O) groups excluding carboxylic acids is 1. The lowest BCUT2D eigenvalue weighted by atomic mass is 10.2. The highest BCUT2D eigenvalue weighted by molar-refractivity contribution is 6.01. The van der Waals surface area contributed by atoms with Gasteiger partial charge in [0.25, 0.3) is 0 Å². The first-order valence-corrected chi connectivity index (χ1v) is 4.98. The van der Waals surface area contributed by atoms with E-state index < -0.39 is 0 Å². The van der Waals surface area contributed by atoms with Crippen molar-refractivity contribution in [2.75, 3.05) is 11.1 Å². The summed E-state index contributed by atoms with van der Waals surface area (Å²) in [6.07, 6.45) is 5.91. The minimum atomic E-state index is -0.245. The maximum absolute atomic E-state index is 11.5. The van der Waals surface area contributed by atoms with Crippen molar-refractivity contribution in [1.29, 1.82) is 0 Å². The average molecular weight is 229 g/mol. The molecule has 0 saturated heterocycles. The molecule has 5 heteroatoms. The first-order chi connectivity index (χ1) is 8.24. The molecule has 0 radical (unpaired) electrons. The number of hydrogen-bond donors (Lipinski definition) is 2. The van der Waals surface area contributed by atoms with E-state index in [4.69, 9.17) is 5.73 Å². The van der Waals surface area contributed by atoms with Crippen LogP contribution in [0.5, 0.6) is 0 Å². The fourth-order valence-electron chi connectivity index (χ4n) is 1.23. The Labute approximate surface area is 97.9 Å². The van der Waals surface area contributed by atoms with Gasteiger partial charge in [0.05, 0.1) is 6.20 Å². The van der Waals surface area contributed by atoms with Crippen LogP contribution in [0.15, 0.2) is 47.3 Å². The highest BCUT2D eigenvalue weighted by Gasteiger charge is 1.98. The Morgan fingerprint density at radius 1 is 1.35 bits per heavy atom. The van der Waals surface area contributed by atoms with Crippen LogP contribution in [-0.4, -0.2) is 11.1 Å². The van der Waals surface area contributed by atoms with Gasteiger partial charge >= 0.3 is 0 Å². The smallest absolute Gasteiger partial charge is 0.248 e. The topological polar surface area (TPSA) is 81.2 Å². The molecule has 2 rings (SSSR count). The molecular weight excluding hydrogens is 218 g/mol. The summed E-state index contributed by atoms with van der Waals surface area (Å²) in [4.78, 5) is 11.5. The van der Waals surface area contributed by atoms with Crippen molar-refractivity contribution >= 4 is 23.4 Å². The summed E-state index contributed by atoms with van der Waals surface area (Å²) >= 11 is 0. The molecule has 0 unspecified atom stereocenters. The highest BCUT2D eigenvalue weighted by atomic mass is 16.5. The van der Waals surface area contributed by atoms with Crippen LogP contribution in [0.4, 0.5) is 11.4 Å². The van der Waals surface area contributed by atoms with E-state index in [-0.39, 0.29) is 5.91 Å². The molecule has 1 heterocycles. The van der Waals surface area contributed by atoms with Gasteiger partial charge in [0.2, 0.25) is 5.91 Å². The lowest BCUT2D eigenvalue weighted by Crippen LogP contribution is -2.06. The number of nitrogens with one attached hydrogen (secondary N) is 1. The van der Waals surface area contributed by atoms with Crippen molar-refractivity contribution in [2.24, 2.45) is 0 Å². The molecule has 5 nitrogen and oxygen atoms in total. The summed E-state index contributed by atoms with van der Waals surface area (Å²) in [6, 6.07) is 7.21. The zero-order valence-electron chi connectivity index (χ0n) is 8.96. The van der Waals surface area contributed by atoms with Crippen LogP contribution >= 0.6 is 0 Å². The Hall–Kier alpha value is -2.56. The molecule has 0 fully saturated rings. The standard InChI is InChI=1S/C12H11N3O2/c13-10-4-1-9(2-5-10)3-6-12(16)15-11-7-14-17-8-11/h1-8H,13H2,(H,15,16)/b6-3+. The molecule has 0 spiro atoms. The fraction of sp³-hybridized carbons (Fsp3) is 0. The van der Waals surface area contributed by atoms with Crippen LogP contribution in [0.1, 0.15) is 5.56 Å². The number of nitrogens with two attached hydrogens (primary N) is 1. The van der Waals surface area contributed by atoms with Crippen molar-refractivity contribution in [1.82, 2.24) is 5.16 Å². The molecular formula is C12H11N3O2. The third-order valence-electron chi connectivity index (χ3n) is 2.06. The van der Waals surface area contributed by atoms with E-state index in [0.717, 1.165) is 5.56 Å². The Morgan fingerprint density at radius 2 is 2.12 bits per heavy atom.